The van der Waals surface area contributed by atoms with Crippen LogP contribution in [0.4, 0.5) is 0 Å². The standard InChI is InChI=1S/C38H28.C2H6/c1-37(2)29-17-15-21-8-5-6-11-25(21)35(29)27-19-31-28(20-30(27)37)36-26-16-14-23-10-7-9-22-12-13-24(34(26)33(22)23)18-32(36)38(31,3)4;1-2/h5-20H,1-4H3;1-2H3. The van der Waals surface area contributed by atoms with Crippen molar-refractivity contribution in [2.75, 3.05) is 0 Å². The molecule has 2 aliphatic rings. The maximum absolute atomic E-state index is 2.56. The Morgan fingerprint density at radius 1 is 0.400 bits per heavy atom. The molecule has 0 atom stereocenters. The monoisotopic (exact) mass is 514 g/mol. The summed E-state index contributed by atoms with van der Waals surface area (Å²) >= 11 is 0. The van der Waals surface area contributed by atoms with E-state index in [0.717, 1.165) is 0 Å². The molecule has 2 aliphatic carbocycles. The highest BCUT2D eigenvalue weighted by Gasteiger charge is 2.42. The van der Waals surface area contributed by atoms with Crippen molar-refractivity contribution in [1.82, 2.24) is 0 Å². The average Bonchev–Trinajstić information content (AvgIpc) is 3.35. The van der Waals surface area contributed by atoms with E-state index in [2.05, 4.69) is 125 Å². The first-order valence-corrected chi connectivity index (χ1v) is 14.8. The van der Waals surface area contributed by atoms with Gasteiger partial charge in [-0.2, -0.15) is 0 Å². The maximum Gasteiger partial charge on any atom is 0.0159 e. The van der Waals surface area contributed by atoms with Gasteiger partial charge in [0.1, 0.15) is 0 Å². The number of hydrogen-bond acceptors (Lipinski definition) is 0. The van der Waals surface area contributed by atoms with Crippen molar-refractivity contribution < 1.29 is 0 Å². The predicted octanol–water partition coefficient (Wildman–Crippen LogP) is 11.4. The third-order valence-electron chi connectivity index (χ3n) is 9.97. The van der Waals surface area contributed by atoms with Crippen LogP contribution in [-0.2, 0) is 10.8 Å². The zero-order valence-electron chi connectivity index (χ0n) is 24.2. The molecule has 7 aromatic carbocycles. The van der Waals surface area contributed by atoms with Gasteiger partial charge in [0.25, 0.3) is 0 Å². The van der Waals surface area contributed by atoms with E-state index >= 15 is 0 Å². The zero-order chi connectivity index (χ0) is 27.6. The Morgan fingerprint density at radius 2 is 0.950 bits per heavy atom. The average molecular weight is 515 g/mol. The molecule has 40 heavy (non-hydrogen) atoms. The molecule has 0 amide bonds. The second kappa shape index (κ2) is 7.73. The van der Waals surface area contributed by atoms with Crippen molar-refractivity contribution in [3.05, 3.63) is 119 Å². The van der Waals surface area contributed by atoms with Crippen molar-refractivity contribution in [1.29, 1.82) is 0 Å². The van der Waals surface area contributed by atoms with Gasteiger partial charge in [-0.05, 0) is 106 Å². The molecule has 0 N–H and O–H groups in total. The lowest BCUT2D eigenvalue weighted by Gasteiger charge is -2.24. The van der Waals surface area contributed by atoms with Gasteiger partial charge in [-0.1, -0.05) is 120 Å². The minimum absolute atomic E-state index is 0.0413. The van der Waals surface area contributed by atoms with Crippen molar-refractivity contribution in [2.45, 2.75) is 52.4 Å². The highest BCUT2D eigenvalue weighted by atomic mass is 14.5. The lowest BCUT2D eigenvalue weighted by atomic mass is 9.79. The molecular formula is C40H34. The third kappa shape index (κ3) is 2.72. The van der Waals surface area contributed by atoms with Crippen LogP contribution in [0.5, 0.6) is 0 Å². The van der Waals surface area contributed by atoms with E-state index in [9.17, 15) is 0 Å². The molecule has 0 aliphatic heterocycles. The molecule has 0 saturated carbocycles. The zero-order valence-corrected chi connectivity index (χ0v) is 24.2. The lowest BCUT2D eigenvalue weighted by Crippen LogP contribution is -2.17. The van der Waals surface area contributed by atoms with E-state index in [-0.39, 0.29) is 10.8 Å². The van der Waals surface area contributed by atoms with E-state index in [1.54, 1.807) is 0 Å². The largest absolute Gasteiger partial charge is 0.0683 e. The molecule has 0 unspecified atom stereocenters. The van der Waals surface area contributed by atoms with Crippen LogP contribution < -0.4 is 0 Å². The first-order valence-electron chi connectivity index (χ1n) is 14.8. The highest BCUT2D eigenvalue weighted by Crippen LogP contribution is 2.59. The molecular weight excluding hydrogens is 480 g/mol. The molecule has 0 radical (unpaired) electrons. The summed E-state index contributed by atoms with van der Waals surface area (Å²) in [6, 6.07) is 37.2. The summed E-state index contributed by atoms with van der Waals surface area (Å²) in [6.45, 7) is 13.7. The molecule has 0 saturated heterocycles. The summed E-state index contributed by atoms with van der Waals surface area (Å²) in [5, 5.41) is 10.9. The van der Waals surface area contributed by atoms with Gasteiger partial charge in [-0.25, -0.2) is 0 Å². The Bertz CT molecular complexity index is 2150. The summed E-state index contributed by atoms with van der Waals surface area (Å²) in [6.07, 6.45) is 0. The SMILES string of the molecule is CC.CC1(C)c2cc3c(cc2-c2c1ccc1ccccc21)C(C)(C)c1cc2ccc4cccc5ccc(c1-3)c2c45. The van der Waals surface area contributed by atoms with E-state index in [1.807, 2.05) is 13.8 Å². The smallest absolute Gasteiger partial charge is 0.0159 e. The van der Waals surface area contributed by atoms with Gasteiger partial charge in [0.15, 0.2) is 0 Å². The second-order valence-electron chi connectivity index (χ2n) is 12.6. The molecule has 0 heterocycles. The molecule has 194 valence electrons. The Hall–Kier alpha value is -4.16. The fourth-order valence-corrected chi connectivity index (χ4v) is 8.01. The van der Waals surface area contributed by atoms with Gasteiger partial charge >= 0.3 is 0 Å². The number of rotatable bonds is 0. The Kier molecular flexibility index (Phi) is 4.58. The van der Waals surface area contributed by atoms with Crippen LogP contribution >= 0.6 is 0 Å². The van der Waals surface area contributed by atoms with Crippen LogP contribution in [0.25, 0.3) is 65.3 Å². The summed E-state index contributed by atoms with van der Waals surface area (Å²) in [7, 11) is 0. The van der Waals surface area contributed by atoms with Crippen LogP contribution in [0, 0.1) is 0 Å². The van der Waals surface area contributed by atoms with Gasteiger partial charge in [0, 0.05) is 10.8 Å². The maximum atomic E-state index is 2.56. The summed E-state index contributed by atoms with van der Waals surface area (Å²) in [5.74, 6) is 0. The van der Waals surface area contributed by atoms with Crippen LogP contribution in [0.2, 0.25) is 0 Å². The molecule has 0 nitrogen and oxygen atoms in total. The Morgan fingerprint density at radius 3 is 1.68 bits per heavy atom. The topological polar surface area (TPSA) is 0 Å². The molecule has 0 heteroatoms. The predicted molar refractivity (Wildman–Crippen MR) is 174 cm³/mol. The first-order chi connectivity index (χ1) is 19.4. The minimum Gasteiger partial charge on any atom is -0.0683 e. The summed E-state index contributed by atoms with van der Waals surface area (Å²) in [5.41, 5.74) is 11.4. The molecule has 0 fully saturated rings. The molecule has 9 rings (SSSR count). The van der Waals surface area contributed by atoms with Crippen LogP contribution in [0.15, 0.2) is 97.1 Å². The van der Waals surface area contributed by atoms with E-state index < -0.39 is 0 Å². The van der Waals surface area contributed by atoms with Crippen molar-refractivity contribution >= 4 is 43.1 Å². The number of benzene rings is 7. The third-order valence-corrected chi connectivity index (χ3v) is 9.97. The quantitative estimate of drug-likeness (QED) is 0.177. The normalized spacial score (nSPS) is 15.7. The van der Waals surface area contributed by atoms with Crippen LogP contribution in [-0.4, -0.2) is 0 Å². The lowest BCUT2D eigenvalue weighted by molar-refractivity contribution is 0.652. The van der Waals surface area contributed by atoms with Gasteiger partial charge < -0.3 is 0 Å². The van der Waals surface area contributed by atoms with Crippen molar-refractivity contribution in [3.63, 3.8) is 0 Å². The molecule has 0 spiro atoms. The van der Waals surface area contributed by atoms with Crippen molar-refractivity contribution in [3.8, 4) is 22.3 Å². The Balaban J connectivity index is 0.00000120. The van der Waals surface area contributed by atoms with E-state index in [0.29, 0.717) is 0 Å². The van der Waals surface area contributed by atoms with Gasteiger partial charge in [0.2, 0.25) is 0 Å². The van der Waals surface area contributed by atoms with E-state index in [4.69, 9.17) is 0 Å². The minimum atomic E-state index is -0.0678. The fraction of sp³-hybridized carbons (Fsp3) is 0.200. The summed E-state index contributed by atoms with van der Waals surface area (Å²) < 4.78 is 0. The van der Waals surface area contributed by atoms with Crippen LogP contribution in [0.1, 0.15) is 63.8 Å². The molecule has 7 aromatic rings. The molecule has 0 bridgehead atoms. The first kappa shape index (κ1) is 23.7. The van der Waals surface area contributed by atoms with Crippen molar-refractivity contribution in [2.24, 2.45) is 0 Å². The van der Waals surface area contributed by atoms with Gasteiger partial charge in [-0.15, -0.1) is 0 Å². The fourth-order valence-electron chi connectivity index (χ4n) is 8.01. The number of fused-ring (bicyclic) bond motifs is 9. The number of hydrogen-bond donors (Lipinski definition) is 0. The van der Waals surface area contributed by atoms with Crippen LogP contribution in [0.3, 0.4) is 0 Å². The Labute approximate surface area is 236 Å². The van der Waals surface area contributed by atoms with E-state index in [1.165, 1.54) is 87.6 Å². The van der Waals surface area contributed by atoms with Gasteiger partial charge in [-0.3, -0.25) is 0 Å². The molecule has 0 aromatic heterocycles. The second-order valence-corrected chi connectivity index (χ2v) is 12.6. The highest BCUT2D eigenvalue weighted by molar-refractivity contribution is 6.26. The van der Waals surface area contributed by atoms with Gasteiger partial charge in [0.05, 0.1) is 0 Å². The summed E-state index contributed by atoms with van der Waals surface area (Å²) in [4.78, 5) is 0.